The summed E-state index contributed by atoms with van der Waals surface area (Å²) < 4.78 is 2.39. The lowest BCUT2D eigenvalue weighted by molar-refractivity contribution is 0.0684. The van der Waals surface area contributed by atoms with Crippen LogP contribution in [0, 0.1) is 17.8 Å². The molecule has 1 aromatic carbocycles. The molecule has 1 unspecified atom stereocenters. The van der Waals surface area contributed by atoms with Crippen molar-refractivity contribution >= 4 is 23.0 Å². The summed E-state index contributed by atoms with van der Waals surface area (Å²) in [5.41, 5.74) is 2.52. The molecule has 0 spiro atoms. The van der Waals surface area contributed by atoms with E-state index in [1.54, 1.807) is 0 Å². The second-order valence-electron chi connectivity index (χ2n) is 12.0. The smallest absolute Gasteiger partial charge is 0.374 e. The molecule has 6 rings (SSSR count). The summed E-state index contributed by atoms with van der Waals surface area (Å²) in [6.07, 6.45) is 11.9. The molecule has 3 aliphatic rings. The minimum Gasteiger partial charge on any atom is -0.475 e. The third kappa shape index (κ3) is 4.40. The molecule has 37 heavy (non-hydrogen) atoms. The number of nitrogens with one attached hydrogen (secondary N) is 1. The van der Waals surface area contributed by atoms with Gasteiger partial charge in [0.15, 0.2) is 11.5 Å². The highest BCUT2D eigenvalue weighted by molar-refractivity contribution is 5.91. The highest BCUT2D eigenvalue weighted by Gasteiger charge is 2.45. The van der Waals surface area contributed by atoms with Crippen molar-refractivity contribution in [1.29, 1.82) is 0 Å². The number of anilines is 1. The van der Waals surface area contributed by atoms with Gasteiger partial charge in [-0.2, -0.15) is 0 Å². The van der Waals surface area contributed by atoms with Gasteiger partial charge in [-0.15, -0.1) is 0 Å². The quantitative estimate of drug-likeness (QED) is 0.370. The van der Waals surface area contributed by atoms with E-state index in [0.29, 0.717) is 23.3 Å². The summed E-state index contributed by atoms with van der Waals surface area (Å²) in [6.45, 7) is 5.44. The van der Waals surface area contributed by atoms with Crippen LogP contribution in [-0.2, 0) is 12.0 Å². The summed E-state index contributed by atoms with van der Waals surface area (Å²) in [7, 11) is 0. The Morgan fingerprint density at radius 3 is 2.38 bits per heavy atom. The van der Waals surface area contributed by atoms with Crippen molar-refractivity contribution in [3.05, 3.63) is 47.5 Å². The van der Waals surface area contributed by atoms with Crippen molar-refractivity contribution in [2.24, 2.45) is 17.8 Å². The molecule has 3 aromatic rings. The molecule has 3 fully saturated rings. The Labute approximate surface area is 219 Å². The fraction of sp³-hybridized carbons (Fsp3) is 0.600. The Morgan fingerprint density at radius 2 is 1.78 bits per heavy atom. The summed E-state index contributed by atoms with van der Waals surface area (Å²) >= 11 is 0. The monoisotopic (exact) mass is 501 g/mol. The summed E-state index contributed by atoms with van der Waals surface area (Å²) in [4.78, 5) is 26.3. The molecule has 0 radical (unpaired) electrons. The molecule has 3 saturated carbocycles. The van der Waals surface area contributed by atoms with Crippen molar-refractivity contribution in [3.63, 3.8) is 0 Å². The zero-order valence-electron chi connectivity index (χ0n) is 22.1. The molecular weight excluding hydrogens is 462 g/mol. The molecule has 0 amide bonds. The number of aromatic carboxylic acids is 1. The minimum atomic E-state index is -1.11. The molecule has 2 N–H and O–H groups in total. The molecule has 2 aromatic heterocycles. The molecule has 0 aliphatic heterocycles. The molecule has 0 saturated heterocycles. The predicted molar refractivity (Wildman–Crippen MR) is 145 cm³/mol. The second kappa shape index (κ2) is 9.73. The number of carbonyl (C=O) groups is 1. The second-order valence-corrected chi connectivity index (χ2v) is 12.0. The maximum absolute atomic E-state index is 12.0. The van der Waals surface area contributed by atoms with Gasteiger partial charge in [-0.3, -0.25) is 0 Å². The van der Waals surface area contributed by atoms with Crippen LogP contribution >= 0.6 is 0 Å². The Bertz CT molecular complexity index is 1270. The van der Waals surface area contributed by atoms with Gasteiger partial charge in [0.1, 0.15) is 11.3 Å². The van der Waals surface area contributed by atoms with Crippen LogP contribution < -0.4 is 5.32 Å². The first kappa shape index (κ1) is 24.4. The van der Waals surface area contributed by atoms with Gasteiger partial charge in [-0.25, -0.2) is 19.7 Å². The number of fused-ring (bicyclic) bond motifs is 1. The van der Waals surface area contributed by atoms with Crippen LogP contribution in [0.25, 0.3) is 11.2 Å². The molecule has 7 nitrogen and oxygen atoms in total. The van der Waals surface area contributed by atoms with E-state index >= 15 is 0 Å². The molecule has 7 heteroatoms. The fourth-order valence-electron chi connectivity index (χ4n) is 6.75. The normalized spacial score (nSPS) is 24.3. The molecule has 196 valence electrons. The number of carboxylic acid groups (broad SMARTS) is 1. The Balaban J connectivity index is 1.51. The average molecular weight is 502 g/mol. The van der Waals surface area contributed by atoms with Gasteiger partial charge in [0, 0.05) is 12.6 Å². The van der Waals surface area contributed by atoms with Crippen molar-refractivity contribution in [1.82, 2.24) is 19.5 Å². The third-order valence-electron chi connectivity index (χ3n) is 9.55. The van der Waals surface area contributed by atoms with Crippen LogP contribution in [0.2, 0.25) is 0 Å². The third-order valence-corrected chi connectivity index (χ3v) is 9.55. The number of rotatable bonds is 8. The maximum atomic E-state index is 12.0. The summed E-state index contributed by atoms with van der Waals surface area (Å²) in [6, 6.07) is 11.0. The van der Waals surface area contributed by atoms with Gasteiger partial charge in [0.2, 0.25) is 5.82 Å². The van der Waals surface area contributed by atoms with Gasteiger partial charge in [-0.1, -0.05) is 62.9 Å². The SMILES string of the molecule is CC1CCC(Cn2c(C3(c4ccccc4)CCC3)nc3nc(C(=O)O)nc(NC(C)C4CCC4)c32)CC1. The molecular formula is C30H39N5O2. The van der Waals surface area contributed by atoms with E-state index in [4.69, 9.17) is 4.98 Å². The lowest BCUT2D eigenvalue weighted by Gasteiger charge is -2.42. The lowest BCUT2D eigenvalue weighted by atomic mass is 9.63. The summed E-state index contributed by atoms with van der Waals surface area (Å²) in [5.74, 6) is 2.34. The minimum absolute atomic E-state index is 0.163. The zero-order valence-corrected chi connectivity index (χ0v) is 22.1. The van der Waals surface area contributed by atoms with Crippen molar-refractivity contribution < 1.29 is 9.90 Å². The predicted octanol–water partition coefficient (Wildman–Crippen LogP) is 6.42. The number of benzene rings is 1. The van der Waals surface area contributed by atoms with E-state index in [1.807, 2.05) is 0 Å². The van der Waals surface area contributed by atoms with Gasteiger partial charge in [0.25, 0.3) is 0 Å². The number of carboxylic acids is 1. The van der Waals surface area contributed by atoms with E-state index in [1.165, 1.54) is 50.5 Å². The molecule has 0 bridgehead atoms. The lowest BCUT2D eigenvalue weighted by Crippen LogP contribution is -2.39. The number of aromatic nitrogens is 4. The Morgan fingerprint density at radius 1 is 1.05 bits per heavy atom. The van der Waals surface area contributed by atoms with Crippen LogP contribution in [0.1, 0.15) is 100 Å². The first-order chi connectivity index (χ1) is 17.9. The van der Waals surface area contributed by atoms with Crippen molar-refractivity contribution in [3.8, 4) is 0 Å². The number of hydrogen-bond donors (Lipinski definition) is 2. The van der Waals surface area contributed by atoms with Crippen LogP contribution in [0.5, 0.6) is 0 Å². The average Bonchev–Trinajstić information content (AvgIpc) is 3.18. The Hall–Kier alpha value is -2.96. The highest BCUT2D eigenvalue weighted by atomic mass is 16.4. The number of hydrogen-bond acceptors (Lipinski definition) is 5. The summed E-state index contributed by atoms with van der Waals surface area (Å²) in [5, 5.41) is 13.5. The first-order valence-corrected chi connectivity index (χ1v) is 14.3. The van der Waals surface area contributed by atoms with E-state index in [2.05, 4.69) is 64.0 Å². The van der Waals surface area contributed by atoms with Crippen molar-refractivity contribution in [2.45, 2.75) is 96.1 Å². The first-order valence-electron chi connectivity index (χ1n) is 14.3. The topological polar surface area (TPSA) is 92.9 Å². The molecule has 2 heterocycles. The van der Waals surface area contributed by atoms with Gasteiger partial charge >= 0.3 is 5.97 Å². The fourth-order valence-corrected chi connectivity index (χ4v) is 6.75. The molecule has 3 aliphatic carbocycles. The number of nitrogens with zero attached hydrogens (tertiary/aromatic N) is 4. The zero-order chi connectivity index (χ0) is 25.6. The highest BCUT2D eigenvalue weighted by Crippen LogP contribution is 2.50. The van der Waals surface area contributed by atoms with Crippen LogP contribution in [0.3, 0.4) is 0 Å². The van der Waals surface area contributed by atoms with E-state index in [9.17, 15) is 9.90 Å². The number of imidazole rings is 1. The molecule has 1 atom stereocenters. The van der Waals surface area contributed by atoms with E-state index in [0.717, 1.165) is 43.1 Å². The van der Waals surface area contributed by atoms with Gasteiger partial charge in [0.05, 0.1) is 5.41 Å². The van der Waals surface area contributed by atoms with Gasteiger partial charge in [-0.05, 0) is 68.8 Å². The van der Waals surface area contributed by atoms with Crippen molar-refractivity contribution in [2.75, 3.05) is 5.32 Å². The van der Waals surface area contributed by atoms with E-state index in [-0.39, 0.29) is 17.3 Å². The van der Waals surface area contributed by atoms with Crippen LogP contribution in [-0.4, -0.2) is 36.6 Å². The standard InChI is InChI=1S/C30H39N5O2/c1-19-12-14-21(15-13-19)18-35-24-25(31-20(2)22-8-6-9-22)32-27(28(36)37)33-26(24)34-29(35)30(16-7-17-30)23-10-4-3-5-11-23/h3-5,10-11,19-22H,6-9,12-18H2,1-2H3,(H,36,37)(H,31,32,33). The van der Waals surface area contributed by atoms with Crippen LogP contribution in [0.15, 0.2) is 30.3 Å². The van der Waals surface area contributed by atoms with Crippen LogP contribution in [0.4, 0.5) is 5.82 Å². The largest absolute Gasteiger partial charge is 0.475 e. The Kier molecular flexibility index (Phi) is 6.41. The van der Waals surface area contributed by atoms with E-state index < -0.39 is 5.97 Å². The maximum Gasteiger partial charge on any atom is 0.374 e. The van der Waals surface area contributed by atoms with Gasteiger partial charge < -0.3 is 15.0 Å².